The number of rotatable bonds is 5. The predicted octanol–water partition coefficient (Wildman–Crippen LogP) is -1.92. The van der Waals surface area contributed by atoms with Gasteiger partial charge in [-0.05, 0) is 6.92 Å². The van der Waals surface area contributed by atoms with E-state index >= 15 is 0 Å². The number of likely N-dealkylation sites (N-methyl/N-ethyl adjacent to an activating group) is 1. The molecule has 0 saturated carbocycles. The maximum Gasteiger partial charge on any atom is 0.232 e. The van der Waals surface area contributed by atoms with Gasteiger partial charge in [-0.15, -0.1) is 0 Å². The van der Waals surface area contributed by atoms with Crippen LogP contribution in [0.15, 0.2) is 0 Å². The van der Waals surface area contributed by atoms with Crippen LogP contribution in [0.5, 0.6) is 0 Å². The van der Waals surface area contributed by atoms with Crippen molar-refractivity contribution < 1.29 is 13.2 Å². The van der Waals surface area contributed by atoms with Gasteiger partial charge in [-0.3, -0.25) is 4.79 Å². The van der Waals surface area contributed by atoms with Gasteiger partial charge in [0, 0.05) is 13.6 Å². The van der Waals surface area contributed by atoms with E-state index in [2.05, 4.69) is 0 Å². The Labute approximate surface area is 77.9 Å². The average Bonchev–Trinajstić information content (AvgIpc) is 2.01. The molecule has 0 aromatic heterocycles. The molecule has 0 rings (SSSR count). The fourth-order valence-corrected chi connectivity index (χ4v) is 1.90. The van der Waals surface area contributed by atoms with Crippen molar-refractivity contribution in [1.29, 1.82) is 0 Å². The molecule has 0 spiro atoms. The van der Waals surface area contributed by atoms with Gasteiger partial charge in [-0.25, -0.2) is 8.42 Å². The van der Waals surface area contributed by atoms with Crippen molar-refractivity contribution in [3.63, 3.8) is 0 Å². The van der Waals surface area contributed by atoms with Crippen molar-refractivity contribution in [2.75, 3.05) is 20.1 Å². The summed E-state index contributed by atoms with van der Waals surface area (Å²) in [7, 11) is -2.18. The molecular weight excluding hydrogens is 194 g/mol. The molecule has 13 heavy (non-hydrogen) atoms. The maximum absolute atomic E-state index is 11.4. The quantitative estimate of drug-likeness (QED) is 0.550. The number of hydrogen-bond donors (Lipinski definition) is 2. The fraction of sp³-hybridized carbons (Fsp3) is 0.833. The molecule has 0 heterocycles. The van der Waals surface area contributed by atoms with Gasteiger partial charge >= 0.3 is 0 Å². The van der Waals surface area contributed by atoms with E-state index in [0.717, 1.165) is 4.31 Å². The standard InChI is InChI=1S/C6H15N3O3S/c1-5(3-7)13(11,12)9(2)4-6(8)10/h5H,3-4,7H2,1-2H3,(H2,8,10). The minimum absolute atomic E-state index is 0.0193. The molecule has 1 atom stereocenters. The molecule has 0 bridgehead atoms. The Bertz CT molecular complexity index is 275. The average molecular weight is 209 g/mol. The number of primary amides is 1. The molecule has 0 aliphatic heterocycles. The van der Waals surface area contributed by atoms with Gasteiger partial charge in [0.15, 0.2) is 0 Å². The van der Waals surface area contributed by atoms with E-state index in [9.17, 15) is 13.2 Å². The van der Waals surface area contributed by atoms with Crippen molar-refractivity contribution in [2.45, 2.75) is 12.2 Å². The van der Waals surface area contributed by atoms with E-state index in [0.29, 0.717) is 0 Å². The van der Waals surface area contributed by atoms with Crippen LogP contribution in [0.3, 0.4) is 0 Å². The van der Waals surface area contributed by atoms with Crippen LogP contribution in [0.25, 0.3) is 0 Å². The van der Waals surface area contributed by atoms with Gasteiger partial charge in [-0.2, -0.15) is 4.31 Å². The van der Waals surface area contributed by atoms with Crippen molar-refractivity contribution >= 4 is 15.9 Å². The van der Waals surface area contributed by atoms with Gasteiger partial charge < -0.3 is 11.5 Å². The second-order valence-corrected chi connectivity index (χ2v) is 5.27. The Balaban J connectivity index is 4.55. The van der Waals surface area contributed by atoms with Crippen LogP contribution >= 0.6 is 0 Å². The van der Waals surface area contributed by atoms with Gasteiger partial charge in [0.1, 0.15) is 0 Å². The Hall–Kier alpha value is -0.660. The summed E-state index contributed by atoms with van der Waals surface area (Å²) in [5, 5.41) is -0.697. The molecule has 78 valence electrons. The molecule has 7 heteroatoms. The van der Waals surface area contributed by atoms with Crippen LogP contribution in [0, 0.1) is 0 Å². The zero-order chi connectivity index (χ0) is 10.6. The van der Waals surface area contributed by atoms with Crippen molar-refractivity contribution in [3.8, 4) is 0 Å². The van der Waals surface area contributed by atoms with Crippen LogP contribution in [0.1, 0.15) is 6.92 Å². The Morgan fingerprint density at radius 1 is 1.54 bits per heavy atom. The molecule has 0 aliphatic rings. The highest BCUT2D eigenvalue weighted by Crippen LogP contribution is 2.04. The number of hydrogen-bond acceptors (Lipinski definition) is 4. The van der Waals surface area contributed by atoms with Crippen LogP contribution in [-0.2, 0) is 14.8 Å². The number of carbonyl (C=O) groups excluding carboxylic acids is 1. The largest absolute Gasteiger partial charge is 0.369 e. The highest BCUT2D eigenvalue weighted by molar-refractivity contribution is 7.89. The van der Waals surface area contributed by atoms with Crippen LogP contribution in [0.4, 0.5) is 0 Å². The van der Waals surface area contributed by atoms with Gasteiger partial charge in [0.25, 0.3) is 0 Å². The van der Waals surface area contributed by atoms with E-state index in [-0.39, 0.29) is 13.1 Å². The van der Waals surface area contributed by atoms with Crippen LogP contribution in [0.2, 0.25) is 0 Å². The lowest BCUT2D eigenvalue weighted by Crippen LogP contribution is -2.42. The number of carbonyl (C=O) groups is 1. The third-order valence-corrected chi connectivity index (χ3v) is 3.86. The van der Waals surface area contributed by atoms with E-state index in [4.69, 9.17) is 11.5 Å². The topological polar surface area (TPSA) is 106 Å². The summed E-state index contributed by atoms with van der Waals surface area (Å²) >= 11 is 0. The molecule has 0 saturated heterocycles. The predicted molar refractivity (Wildman–Crippen MR) is 49.3 cm³/mol. The smallest absolute Gasteiger partial charge is 0.232 e. The van der Waals surface area contributed by atoms with Gasteiger partial charge in [0.05, 0.1) is 11.8 Å². The Kier molecular flexibility index (Phi) is 4.31. The molecule has 0 fully saturated rings. The minimum atomic E-state index is -3.48. The monoisotopic (exact) mass is 209 g/mol. The number of nitrogens with zero attached hydrogens (tertiary/aromatic N) is 1. The number of amides is 1. The van der Waals surface area contributed by atoms with Crippen LogP contribution in [-0.4, -0.2) is 44.0 Å². The van der Waals surface area contributed by atoms with Gasteiger partial charge in [0.2, 0.25) is 15.9 Å². The lowest BCUT2D eigenvalue weighted by molar-refractivity contribution is -0.118. The first-order chi connectivity index (χ1) is 5.82. The molecule has 0 radical (unpaired) electrons. The highest BCUT2D eigenvalue weighted by atomic mass is 32.2. The molecule has 1 unspecified atom stereocenters. The first-order valence-electron chi connectivity index (χ1n) is 3.76. The summed E-state index contributed by atoms with van der Waals surface area (Å²) < 4.78 is 23.8. The fourth-order valence-electron chi connectivity index (χ4n) is 0.738. The highest BCUT2D eigenvalue weighted by Gasteiger charge is 2.25. The van der Waals surface area contributed by atoms with Gasteiger partial charge in [-0.1, -0.05) is 0 Å². The van der Waals surface area contributed by atoms with Crippen molar-refractivity contribution in [3.05, 3.63) is 0 Å². The SMILES string of the molecule is CC(CN)S(=O)(=O)N(C)CC(N)=O. The summed E-state index contributed by atoms with van der Waals surface area (Å²) in [5.41, 5.74) is 10.1. The zero-order valence-corrected chi connectivity index (χ0v) is 8.54. The molecule has 0 aromatic carbocycles. The van der Waals surface area contributed by atoms with Crippen molar-refractivity contribution in [2.24, 2.45) is 11.5 Å². The lowest BCUT2D eigenvalue weighted by Gasteiger charge is -2.19. The van der Waals surface area contributed by atoms with E-state index < -0.39 is 21.2 Å². The summed E-state index contributed by atoms with van der Waals surface area (Å²) in [6.07, 6.45) is 0. The summed E-state index contributed by atoms with van der Waals surface area (Å²) in [5.74, 6) is -0.685. The third kappa shape index (κ3) is 3.29. The number of nitrogens with two attached hydrogens (primary N) is 2. The Morgan fingerprint density at radius 3 is 2.31 bits per heavy atom. The summed E-state index contributed by atoms with van der Waals surface area (Å²) in [6, 6.07) is 0. The summed E-state index contributed by atoms with van der Waals surface area (Å²) in [6.45, 7) is 1.19. The first-order valence-corrected chi connectivity index (χ1v) is 5.26. The molecule has 6 nitrogen and oxygen atoms in total. The third-order valence-electron chi connectivity index (χ3n) is 1.65. The molecule has 4 N–H and O–H groups in total. The Morgan fingerprint density at radius 2 is 2.00 bits per heavy atom. The normalized spacial score (nSPS) is 14.5. The minimum Gasteiger partial charge on any atom is -0.369 e. The maximum atomic E-state index is 11.4. The first kappa shape index (κ1) is 12.3. The van der Waals surface area contributed by atoms with E-state index in [1.807, 2.05) is 0 Å². The second-order valence-electron chi connectivity index (χ2n) is 2.81. The van der Waals surface area contributed by atoms with E-state index in [1.165, 1.54) is 14.0 Å². The molecule has 0 aliphatic carbocycles. The van der Waals surface area contributed by atoms with E-state index in [1.54, 1.807) is 0 Å². The summed E-state index contributed by atoms with van der Waals surface area (Å²) in [4.78, 5) is 10.5. The van der Waals surface area contributed by atoms with Crippen LogP contribution < -0.4 is 11.5 Å². The zero-order valence-electron chi connectivity index (χ0n) is 7.73. The molecule has 0 aromatic rings. The van der Waals surface area contributed by atoms with Crippen molar-refractivity contribution in [1.82, 2.24) is 4.31 Å². The molecular formula is C6H15N3O3S. The lowest BCUT2D eigenvalue weighted by atomic mass is 10.5. The number of sulfonamides is 1. The second kappa shape index (κ2) is 4.54. The molecule has 1 amide bonds.